The van der Waals surface area contributed by atoms with E-state index in [9.17, 15) is 9.18 Å². The highest BCUT2D eigenvalue weighted by atomic mass is 19.1. The number of nitrogens with zero attached hydrogens (tertiary/aromatic N) is 6. The van der Waals surface area contributed by atoms with E-state index >= 15 is 0 Å². The summed E-state index contributed by atoms with van der Waals surface area (Å²) in [6, 6.07) is 5.51. The fraction of sp³-hybridized carbons (Fsp3) is 0.389. The Labute approximate surface area is 154 Å². The first-order valence-electron chi connectivity index (χ1n) is 8.92. The van der Waals surface area contributed by atoms with Gasteiger partial charge in [0.2, 0.25) is 5.82 Å². The molecule has 1 aromatic carbocycles. The first-order valence-corrected chi connectivity index (χ1v) is 8.92. The second-order valence-electron chi connectivity index (χ2n) is 6.97. The van der Waals surface area contributed by atoms with Crippen molar-refractivity contribution in [1.29, 1.82) is 0 Å². The van der Waals surface area contributed by atoms with Crippen molar-refractivity contribution in [3.05, 3.63) is 47.3 Å². The number of amides is 1. The zero-order chi connectivity index (χ0) is 18.5. The van der Waals surface area contributed by atoms with Crippen LogP contribution in [0.4, 0.5) is 4.39 Å². The second kappa shape index (κ2) is 5.97. The summed E-state index contributed by atoms with van der Waals surface area (Å²) in [5, 5.41) is 12.4. The van der Waals surface area contributed by atoms with E-state index in [1.807, 2.05) is 9.47 Å². The number of carbonyl (C=O) groups is 1. The summed E-state index contributed by atoms with van der Waals surface area (Å²) in [7, 11) is 0. The molecule has 1 saturated carbocycles. The lowest BCUT2D eigenvalue weighted by molar-refractivity contribution is 0.0585. The highest BCUT2D eigenvalue weighted by molar-refractivity contribution is 5.94. The van der Waals surface area contributed by atoms with Crippen molar-refractivity contribution in [1.82, 2.24) is 29.8 Å². The highest BCUT2D eigenvalue weighted by Gasteiger charge is 2.44. The first kappa shape index (κ1) is 16.1. The molecule has 0 saturated heterocycles. The second-order valence-corrected chi connectivity index (χ2v) is 6.97. The number of carbonyl (C=O) groups excluding carboxylic acids is 1. The maximum Gasteiger partial charge on any atom is 0.295 e. The Morgan fingerprint density at radius 2 is 1.96 bits per heavy atom. The third kappa shape index (κ3) is 2.70. The normalized spacial score (nSPS) is 19.2. The minimum absolute atomic E-state index is 0.115. The molecule has 3 aromatic rings. The van der Waals surface area contributed by atoms with E-state index in [1.165, 1.54) is 24.3 Å². The number of aryl methyl sites for hydroxylation is 1. The third-order valence-electron chi connectivity index (χ3n) is 5.08. The Morgan fingerprint density at radius 1 is 1.19 bits per heavy atom. The third-order valence-corrected chi connectivity index (χ3v) is 5.08. The van der Waals surface area contributed by atoms with Crippen LogP contribution >= 0.6 is 0 Å². The van der Waals surface area contributed by atoms with Gasteiger partial charge < -0.3 is 14.0 Å². The van der Waals surface area contributed by atoms with Crippen LogP contribution in [0.3, 0.4) is 0 Å². The van der Waals surface area contributed by atoms with Crippen molar-refractivity contribution >= 4 is 5.91 Å². The number of rotatable bonds is 3. The Kier molecular flexibility index (Phi) is 3.56. The number of hydrogen-bond acceptors (Lipinski definition) is 6. The van der Waals surface area contributed by atoms with Gasteiger partial charge in [-0.3, -0.25) is 4.79 Å². The summed E-state index contributed by atoms with van der Waals surface area (Å²) in [4.78, 5) is 19.1. The van der Waals surface area contributed by atoms with Crippen LogP contribution in [0.15, 0.2) is 28.8 Å². The van der Waals surface area contributed by atoms with Gasteiger partial charge in [-0.15, -0.1) is 10.2 Å². The molecule has 1 amide bonds. The molecule has 1 atom stereocenters. The average Bonchev–Trinajstić information content (AvgIpc) is 3.28. The Bertz CT molecular complexity index is 1010. The zero-order valence-corrected chi connectivity index (χ0v) is 14.7. The molecule has 1 unspecified atom stereocenters. The number of hydrogen-bond donors (Lipinski definition) is 0. The Morgan fingerprint density at radius 3 is 2.63 bits per heavy atom. The lowest BCUT2D eigenvalue weighted by Crippen LogP contribution is -2.43. The molecule has 0 radical (unpaired) electrons. The average molecular weight is 368 g/mol. The maximum absolute atomic E-state index is 13.2. The minimum atomic E-state index is -0.358. The summed E-state index contributed by atoms with van der Waals surface area (Å²) in [5.74, 6) is 2.02. The van der Waals surface area contributed by atoms with Gasteiger partial charge in [-0.05, 0) is 49.9 Å². The van der Waals surface area contributed by atoms with Crippen LogP contribution in [0.5, 0.6) is 0 Å². The molecule has 138 valence electrons. The van der Waals surface area contributed by atoms with Crippen molar-refractivity contribution in [2.24, 2.45) is 5.92 Å². The van der Waals surface area contributed by atoms with Crippen LogP contribution in [0, 0.1) is 18.7 Å². The topological polar surface area (TPSA) is 89.9 Å². The van der Waals surface area contributed by atoms with Gasteiger partial charge in [0.25, 0.3) is 11.8 Å². The molecule has 0 spiro atoms. The van der Waals surface area contributed by atoms with Gasteiger partial charge in [0.05, 0.1) is 6.04 Å². The van der Waals surface area contributed by atoms with Crippen LogP contribution in [-0.2, 0) is 6.54 Å². The Balaban J connectivity index is 1.51. The molecule has 1 aliphatic carbocycles. The fourth-order valence-electron chi connectivity index (χ4n) is 3.65. The standard InChI is InChI=1S/C18H17FN6O2/c1-10-20-17(27-23-10)16-22-21-15-14(11-2-3-11)24(8-9-25(15)16)18(26)12-4-6-13(19)7-5-12/h4-7,11,14H,2-3,8-9H2,1H3. The molecular weight excluding hydrogens is 351 g/mol. The smallest absolute Gasteiger partial charge is 0.295 e. The molecule has 3 heterocycles. The molecule has 5 rings (SSSR count). The molecule has 1 fully saturated rings. The van der Waals surface area contributed by atoms with E-state index in [0.29, 0.717) is 42.1 Å². The van der Waals surface area contributed by atoms with Gasteiger partial charge in [-0.2, -0.15) is 4.98 Å². The van der Waals surface area contributed by atoms with Crippen LogP contribution in [0.2, 0.25) is 0 Å². The van der Waals surface area contributed by atoms with E-state index < -0.39 is 0 Å². The van der Waals surface area contributed by atoms with E-state index in [-0.39, 0.29) is 17.8 Å². The van der Waals surface area contributed by atoms with Crippen molar-refractivity contribution in [2.45, 2.75) is 32.4 Å². The highest BCUT2D eigenvalue weighted by Crippen LogP contribution is 2.46. The SMILES string of the molecule is Cc1noc(-c2nnc3n2CCN(C(=O)c2ccc(F)cc2)C3C2CC2)n1. The van der Waals surface area contributed by atoms with Crippen LogP contribution < -0.4 is 0 Å². The van der Waals surface area contributed by atoms with Crippen LogP contribution in [-0.4, -0.2) is 42.3 Å². The van der Waals surface area contributed by atoms with E-state index in [0.717, 1.165) is 18.7 Å². The summed E-state index contributed by atoms with van der Waals surface area (Å²) in [6.45, 7) is 2.80. The van der Waals surface area contributed by atoms with Gasteiger partial charge in [-0.1, -0.05) is 5.16 Å². The van der Waals surface area contributed by atoms with Gasteiger partial charge >= 0.3 is 0 Å². The molecule has 2 aliphatic rings. The molecule has 27 heavy (non-hydrogen) atoms. The summed E-state index contributed by atoms with van der Waals surface area (Å²) >= 11 is 0. The molecule has 0 bridgehead atoms. The molecule has 2 aromatic heterocycles. The first-order chi connectivity index (χ1) is 13.1. The largest absolute Gasteiger partial charge is 0.330 e. The van der Waals surface area contributed by atoms with Crippen LogP contribution in [0.1, 0.15) is 40.9 Å². The zero-order valence-electron chi connectivity index (χ0n) is 14.7. The van der Waals surface area contributed by atoms with E-state index in [2.05, 4.69) is 20.3 Å². The molecule has 8 nitrogen and oxygen atoms in total. The summed E-state index contributed by atoms with van der Waals surface area (Å²) in [5.41, 5.74) is 0.475. The van der Waals surface area contributed by atoms with Crippen molar-refractivity contribution in [2.75, 3.05) is 6.54 Å². The molecule has 1 aliphatic heterocycles. The van der Waals surface area contributed by atoms with Crippen molar-refractivity contribution < 1.29 is 13.7 Å². The van der Waals surface area contributed by atoms with Gasteiger partial charge in [0, 0.05) is 18.7 Å². The minimum Gasteiger partial charge on any atom is -0.330 e. The number of benzene rings is 1. The Hall–Kier alpha value is -3.10. The lowest BCUT2D eigenvalue weighted by Gasteiger charge is -2.36. The summed E-state index contributed by atoms with van der Waals surface area (Å²) in [6.07, 6.45) is 2.08. The lowest BCUT2D eigenvalue weighted by atomic mass is 10.1. The van der Waals surface area contributed by atoms with Gasteiger partial charge in [0.1, 0.15) is 5.82 Å². The monoisotopic (exact) mass is 368 g/mol. The quantitative estimate of drug-likeness (QED) is 0.705. The van der Waals surface area contributed by atoms with Crippen molar-refractivity contribution in [3.8, 4) is 11.7 Å². The number of aromatic nitrogens is 5. The van der Waals surface area contributed by atoms with E-state index in [4.69, 9.17) is 4.52 Å². The predicted molar refractivity (Wildman–Crippen MR) is 91.0 cm³/mol. The predicted octanol–water partition coefficient (Wildman–Crippen LogP) is 2.38. The number of halogens is 1. The number of fused-ring (bicyclic) bond motifs is 1. The van der Waals surface area contributed by atoms with Crippen molar-refractivity contribution in [3.63, 3.8) is 0 Å². The molecular formula is C18H17FN6O2. The fourth-order valence-corrected chi connectivity index (χ4v) is 3.65. The maximum atomic E-state index is 13.2. The van der Waals surface area contributed by atoms with E-state index in [1.54, 1.807) is 6.92 Å². The molecule has 9 heteroatoms. The molecule has 0 N–H and O–H groups in total. The van der Waals surface area contributed by atoms with Gasteiger partial charge in [0.15, 0.2) is 11.6 Å². The van der Waals surface area contributed by atoms with Crippen LogP contribution in [0.25, 0.3) is 11.7 Å². The summed E-state index contributed by atoms with van der Waals surface area (Å²) < 4.78 is 20.4. The van der Waals surface area contributed by atoms with Gasteiger partial charge in [-0.25, -0.2) is 4.39 Å².